The molecule has 2 aromatic heterocycles. The Labute approximate surface area is 175 Å². The summed E-state index contributed by atoms with van der Waals surface area (Å²) in [5, 5.41) is 3.89. The molecule has 0 spiro atoms. The van der Waals surface area contributed by atoms with Gasteiger partial charge in [-0.15, -0.1) is 0 Å². The van der Waals surface area contributed by atoms with Gasteiger partial charge in [-0.05, 0) is 49.6 Å². The lowest BCUT2D eigenvalue weighted by molar-refractivity contribution is 0.372. The molecule has 0 aliphatic heterocycles. The number of nitrogens with zero attached hydrogens (tertiary/aromatic N) is 3. The quantitative estimate of drug-likeness (QED) is 0.485. The van der Waals surface area contributed by atoms with Gasteiger partial charge in [0.05, 0.1) is 22.6 Å². The number of fused-ring (bicyclic) bond motifs is 1. The van der Waals surface area contributed by atoms with Crippen molar-refractivity contribution >= 4 is 26.8 Å². The van der Waals surface area contributed by atoms with Crippen LogP contribution in [0.15, 0.2) is 55.0 Å². The minimum atomic E-state index is -4.02. The Hall–Kier alpha value is -3.47. The highest BCUT2D eigenvalue weighted by Gasteiger charge is 2.30. The number of sulfonamides is 1. The van der Waals surface area contributed by atoms with E-state index in [1.165, 1.54) is 34.9 Å². The summed E-state index contributed by atoms with van der Waals surface area (Å²) >= 11 is 0. The molecule has 1 N–H and O–H groups in total. The molecule has 2 heterocycles. The average Bonchev–Trinajstić information content (AvgIpc) is 3.39. The molecule has 9 nitrogen and oxygen atoms in total. The summed E-state index contributed by atoms with van der Waals surface area (Å²) in [5.41, 5.74) is 0.973. The predicted molar refractivity (Wildman–Crippen MR) is 108 cm³/mol. The van der Waals surface area contributed by atoms with Crippen LogP contribution in [0.5, 0.6) is 0 Å². The smallest absolute Gasteiger partial charge is 0.408 e. The van der Waals surface area contributed by atoms with Gasteiger partial charge in [-0.2, -0.15) is 4.98 Å². The van der Waals surface area contributed by atoms with Gasteiger partial charge in [-0.1, -0.05) is 11.2 Å². The first-order chi connectivity index (χ1) is 14.8. The van der Waals surface area contributed by atoms with Gasteiger partial charge in [0.1, 0.15) is 5.82 Å². The number of hydrogen-bond acceptors (Lipinski definition) is 7. The highest BCUT2D eigenvalue weighted by atomic mass is 32.2. The van der Waals surface area contributed by atoms with Crippen LogP contribution >= 0.6 is 0 Å². The highest BCUT2D eigenvalue weighted by molar-refractivity contribution is 7.92. The van der Waals surface area contributed by atoms with Crippen LogP contribution in [0.4, 0.5) is 10.1 Å². The number of hydrogen-bond donors (Lipinski definition) is 1. The number of halogens is 1. The van der Waals surface area contributed by atoms with Crippen molar-refractivity contribution in [1.82, 2.24) is 14.7 Å². The summed E-state index contributed by atoms with van der Waals surface area (Å²) in [7, 11) is -4.02. The summed E-state index contributed by atoms with van der Waals surface area (Å²) in [6, 6.07) is 8.09. The lowest BCUT2D eigenvalue weighted by Gasteiger charge is -2.09. The number of aryl methyl sites for hydroxylation is 1. The maximum absolute atomic E-state index is 13.7. The van der Waals surface area contributed by atoms with Crippen LogP contribution in [-0.2, 0) is 16.6 Å². The van der Waals surface area contributed by atoms with E-state index in [0.717, 1.165) is 18.9 Å². The van der Waals surface area contributed by atoms with Crippen molar-refractivity contribution in [2.45, 2.75) is 37.1 Å². The molecule has 5 rings (SSSR count). The van der Waals surface area contributed by atoms with Crippen molar-refractivity contribution in [1.29, 1.82) is 0 Å². The van der Waals surface area contributed by atoms with Gasteiger partial charge in [0.25, 0.3) is 10.0 Å². The SMILES string of the molecule is Cc1ccc(NS(=O)(=O)c2ccc3c(c2)oc(=O)n3Cc2noc(C3CC3)n2)cc1F. The van der Waals surface area contributed by atoms with Crippen LogP contribution < -0.4 is 10.5 Å². The molecular weight excluding hydrogens is 427 g/mol. The molecule has 2 aromatic carbocycles. The Morgan fingerprint density at radius 2 is 2.03 bits per heavy atom. The maximum Gasteiger partial charge on any atom is 0.420 e. The van der Waals surface area contributed by atoms with Crippen LogP contribution in [0.2, 0.25) is 0 Å². The first kappa shape index (κ1) is 19.5. The third-order valence-electron chi connectivity index (χ3n) is 5.08. The number of nitrogens with one attached hydrogen (secondary N) is 1. The molecule has 1 aliphatic carbocycles. The Morgan fingerprint density at radius 1 is 1.23 bits per heavy atom. The van der Waals surface area contributed by atoms with Gasteiger partial charge >= 0.3 is 5.76 Å². The molecule has 0 amide bonds. The van der Waals surface area contributed by atoms with Crippen molar-refractivity contribution < 1.29 is 21.7 Å². The molecule has 31 heavy (non-hydrogen) atoms. The fourth-order valence-corrected chi connectivity index (χ4v) is 4.27. The fourth-order valence-electron chi connectivity index (χ4n) is 3.20. The van der Waals surface area contributed by atoms with E-state index in [1.807, 2.05) is 0 Å². The standard InChI is InChI=1S/C20H17FN4O5S/c1-11-2-5-13(8-15(11)21)24-31(27,28)14-6-7-16-17(9-14)29-20(26)25(16)10-18-22-19(30-23-18)12-3-4-12/h2,5-9,12,24H,3-4,10H2,1H3. The topological polar surface area (TPSA) is 120 Å². The van der Waals surface area contributed by atoms with Crippen LogP contribution in [0.3, 0.4) is 0 Å². The van der Waals surface area contributed by atoms with E-state index >= 15 is 0 Å². The normalized spacial score (nSPS) is 14.3. The Balaban J connectivity index is 1.44. The molecule has 4 aromatic rings. The summed E-state index contributed by atoms with van der Waals surface area (Å²) < 4.78 is 53.2. The van der Waals surface area contributed by atoms with Crippen LogP contribution in [0.1, 0.15) is 36.0 Å². The van der Waals surface area contributed by atoms with E-state index in [9.17, 15) is 17.6 Å². The first-order valence-corrected chi connectivity index (χ1v) is 11.0. The summed E-state index contributed by atoms with van der Waals surface area (Å²) in [4.78, 5) is 16.5. The van der Waals surface area contributed by atoms with Crippen LogP contribution in [0.25, 0.3) is 11.1 Å². The Kier molecular flexibility index (Phi) is 4.43. The maximum atomic E-state index is 13.7. The second kappa shape index (κ2) is 7.05. The van der Waals surface area contributed by atoms with Gasteiger partial charge in [0.2, 0.25) is 5.89 Å². The van der Waals surface area contributed by atoms with Crippen LogP contribution in [0, 0.1) is 12.7 Å². The summed E-state index contributed by atoms with van der Waals surface area (Å²) in [5.74, 6) is -0.00318. The van der Waals surface area contributed by atoms with Gasteiger partial charge < -0.3 is 8.94 Å². The van der Waals surface area contributed by atoms with Crippen molar-refractivity contribution in [2.75, 3.05) is 4.72 Å². The predicted octanol–water partition coefficient (Wildman–Crippen LogP) is 3.15. The molecule has 1 aliphatic rings. The molecule has 11 heteroatoms. The second-order valence-electron chi connectivity index (χ2n) is 7.48. The van der Waals surface area contributed by atoms with Crippen LogP contribution in [-0.4, -0.2) is 23.1 Å². The third kappa shape index (κ3) is 3.72. The summed E-state index contributed by atoms with van der Waals surface area (Å²) in [6.45, 7) is 1.62. The molecule has 0 bridgehead atoms. The number of oxazole rings is 1. The molecular formula is C20H17FN4O5S. The zero-order valence-corrected chi connectivity index (χ0v) is 17.1. The summed E-state index contributed by atoms with van der Waals surface area (Å²) in [6.07, 6.45) is 2.02. The Morgan fingerprint density at radius 3 is 2.77 bits per heavy atom. The zero-order chi connectivity index (χ0) is 21.8. The Bertz CT molecular complexity index is 1470. The fraction of sp³-hybridized carbons (Fsp3) is 0.250. The molecule has 0 saturated heterocycles. The van der Waals surface area contributed by atoms with Gasteiger partial charge in [0, 0.05) is 12.0 Å². The van der Waals surface area contributed by atoms with Crippen molar-refractivity contribution in [3.05, 3.63) is 70.0 Å². The second-order valence-corrected chi connectivity index (χ2v) is 9.16. The molecule has 1 saturated carbocycles. The molecule has 0 radical (unpaired) electrons. The molecule has 1 fully saturated rings. The lowest BCUT2D eigenvalue weighted by Crippen LogP contribution is -2.15. The largest absolute Gasteiger partial charge is 0.420 e. The number of aromatic nitrogens is 3. The van der Waals surface area contributed by atoms with Crippen molar-refractivity contribution in [3.8, 4) is 0 Å². The molecule has 160 valence electrons. The van der Waals surface area contributed by atoms with Crippen molar-refractivity contribution in [3.63, 3.8) is 0 Å². The minimum Gasteiger partial charge on any atom is -0.408 e. The lowest BCUT2D eigenvalue weighted by atomic mass is 10.2. The van der Waals surface area contributed by atoms with E-state index in [1.54, 1.807) is 6.92 Å². The van der Waals surface area contributed by atoms with E-state index in [4.69, 9.17) is 8.94 Å². The van der Waals surface area contributed by atoms with E-state index < -0.39 is 21.6 Å². The first-order valence-electron chi connectivity index (χ1n) is 9.55. The van der Waals surface area contributed by atoms with E-state index in [0.29, 0.717) is 28.7 Å². The van der Waals surface area contributed by atoms with Crippen molar-refractivity contribution in [2.24, 2.45) is 0 Å². The monoisotopic (exact) mass is 444 g/mol. The number of benzene rings is 2. The highest BCUT2D eigenvalue weighted by Crippen LogP contribution is 2.38. The average molecular weight is 444 g/mol. The number of rotatable bonds is 6. The van der Waals surface area contributed by atoms with Gasteiger partial charge in [-0.3, -0.25) is 9.29 Å². The zero-order valence-electron chi connectivity index (χ0n) is 16.3. The minimum absolute atomic E-state index is 0.0367. The van der Waals surface area contributed by atoms with Gasteiger partial charge in [-0.25, -0.2) is 17.6 Å². The number of anilines is 1. The van der Waals surface area contributed by atoms with Gasteiger partial charge in [0.15, 0.2) is 11.4 Å². The third-order valence-corrected chi connectivity index (χ3v) is 6.46. The van der Waals surface area contributed by atoms with E-state index in [-0.39, 0.29) is 22.7 Å². The molecule has 0 atom stereocenters. The van der Waals surface area contributed by atoms with E-state index in [2.05, 4.69) is 14.9 Å². The molecule has 0 unspecified atom stereocenters.